The Kier molecular flexibility index (Phi) is 22.9. The van der Waals surface area contributed by atoms with Crippen LogP contribution in [0, 0.1) is 20.8 Å². The van der Waals surface area contributed by atoms with Gasteiger partial charge in [-0.25, -0.2) is 0 Å². The Hall–Kier alpha value is -2.51. The lowest BCUT2D eigenvalue weighted by molar-refractivity contribution is 0.378. The average molecular weight is 731 g/mol. The van der Waals surface area contributed by atoms with Crippen LogP contribution >= 0.6 is 8.60 Å². The van der Waals surface area contributed by atoms with Crippen LogP contribution in [0.1, 0.15) is 189 Å². The first-order chi connectivity index (χ1) is 25.5. The quantitative estimate of drug-likeness (QED) is 0.0505. The lowest BCUT2D eigenvalue weighted by atomic mass is 10.0. The van der Waals surface area contributed by atoms with E-state index in [0.29, 0.717) is 0 Å². The molecule has 290 valence electrons. The Morgan fingerprint density at radius 2 is 0.596 bits per heavy atom. The number of unbranched alkanes of at least 4 members (excludes halogenated alkanes) is 18. The number of aryl methyl sites for hydroxylation is 6. The highest BCUT2D eigenvalue weighted by Gasteiger charge is 2.26. The highest BCUT2D eigenvalue weighted by atomic mass is 31.2. The van der Waals surface area contributed by atoms with Gasteiger partial charge in [-0.1, -0.05) is 191 Å². The molecule has 0 heterocycles. The summed E-state index contributed by atoms with van der Waals surface area (Å²) in [6, 6.07) is 19.7. The molecule has 0 bridgehead atoms. The smallest absolute Gasteiger partial charge is 0.408 e. The summed E-state index contributed by atoms with van der Waals surface area (Å²) in [6.07, 6.45) is 30.3. The molecule has 0 aliphatic rings. The molecule has 0 radical (unpaired) electrons. The standard InChI is InChI=1S/C48H75O3P/c1-7-10-13-16-19-22-25-34-43-37-28-31-40(4)46(43)49-52(50-47-41(5)32-29-38-44(47)35-26-23-20-17-14-11-8-2)51-48-42(6)33-30-39-45(48)36-27-24-21-18-15-12-9-3/h28-33,37-39H,7-27,34-36H2,1-6H3. The van der Waals surface area contributed by atoms with E-state index >= 15 is 0 Å². The average Bonchev–Trinajstić information content (AvgIpc) is 3.14. The van der Waals surface area contributed by atoms with Crippen LogP contribution in [0.5, 0.6) is 17.2 Å². The molecule has 0 fully saturated rings. The van der Waals surface area contributed by atoms with Crippen LogP contribution < -0.4 is 13.6 Å². The van der Waals surface area contributed by atoms with Crippen LogP contribution in [-0.2, 0) is 19.3 Å². The van der Waals surface area contributed by atoms with Gasteiger partial charge in [-0.3, -0.25) is 0 Å². The molecule has 0 spiro atoms. The van der Waals surface area contributed by atoms with Crippen molar-refractivity contribution in [3.8, 4) is 17.2 Å². The first-order valence-corrected chi connectivity index (χ1v) is 22.7. The molecule has 4 heteroatoms. The van der Waals surface area contributed by atoms with Crippen LogP contribution in [0.4, 0.5) is 0 Å². The van der Waals surface area contributed by atoms with E-state index in [9.17, 15) is 0 Å². The number of hydrogen-bond donors (Lipinski definition) is 0. The first-order valence-electron chi connectivity index (χ1n) is 21.6. The molecule has 52 heavy (non-hydrogen) atoms. The minimum Gasteiger partial charge on any atom is -0.408 e. The van der Waals surface area contributed by atoms with Crippen molar-refractivity contribution in [2.45, 2.75) is 196 Å². The Morgan fingerprint density at radius 1 is 0.346 bits per heavy atom. The summed E-state index contributed by atoms with van der Waals surface area (Å²) in [4.78, 5) is 0. The van der Waals surface area contributed by atoms with E-state index in [4.69, 9.17) is 13.6 Å². The summed E-state index contributed by atoms with van der Waals surface area (Å²) in [5.41, 5.74) is 7.20. The molecule has 0 aliphatic carbocycles. The fraction of sp³-hybridized carbons (Fsp3) is 0.625. The molecular formula is C48H75O3P. The van der Waals surface area contributed by atoms with Gasteiger partial charge in [0.25, 0.3) is 0 Å². The third kappa shape index (κ3) is 16.7. The van der Waals surface area contributed by atoms with Crippen molar-refractivity contribution in [3.63, 3.8) is 0 Å². The third-order valence-corrected chi connectivity index (χ3v) is 11.5. The van der Waals surface area contributed by atoms with Crippen molar-refractivity contribution in [2.24, 2.45) is 0 Å². The van der Waals surface area contributed by atoms with Gasteiger partial charge in [0.1, 0.15) is 17.2 Å². The largest absolute Gasteiger partial charge is 0.530 e. The van der Waals surface area contributed by atoms with E-state index < -0.39 is 8.60 Å². The molecule has 0 unspecified atom stereocenters. The van der Waals surface area contributed by atoms with E-state index in [1.54, 1.807) is 0 Å². The topological polar surface area (TPSA) is 27.7 Å². The van der Waals surface area contributed by atoms with Crippen molar-refractivity contribution in [2.75, 3.05) is 0 Å². The van der Waals surface area contributed by atoms with E-state index in [1.807, 2.05) is 0 Å². The number of rotatable bonds is 30. The summed E-state index contributed by atoms with van der Waals surface area (Å²) >= 11 is 0. The van der Waals surface area contributed by atoms with Gasteiger partial charge in [-0.2, -0.15) is 0 Å². The van der Waals surface area contributed by atoms with Gasteiger partial charge in [0.05, 0.1) is 0 Å². The maximum absolute atomic E-state index is 7.00. The zero-order valence-electron chi connectivity index (χ0n) is 34.3. The minimum absolute atomic E-state index is 0.934. The zero-order valence-corrected chi connectivity index (χ0v) is 35.2. The van der Waals surface area contributed by atoms with Crippen LogP contribution in [0.2, 0.25) is 0 Å². The van der Waals surface area contributed by atoms with Crippen molar-refractivity contribution in [3.05, 3.63) is 88.0 Å². The molecule has 3 aromatic carbocycles. The summed E-state index contributed by atoms with van der Waals surface area (Å²) < 4.78 is 21.0. The number of para-hydroxylation sites is 3. The van der Waals surface area contributed by atoms with E-state index in [0.717, 1.165) is 53.2 Å². The highest BCUT2D eigenvalue weighted by Crippen LogP contribution is 2.48. The monoisotopic (exact) mass is 731 g/mol. The maximum Gasteiger partial charge on any atom is 0.530 e. The van der Waals surface area contributed by atoms with Gasteiger partial charge >= 0.3 is 8.60 Å². The van der Waals surface area contributed by atoms with Crippen LogP contribution in [0.3, 0.4) is 0 Å². The molecule has 0 atom stereocenters. The summed E-state index contributed by atoms with van der Waals surface area (Å²) in [5.74, 6) is 2.80. The maximum atomic E-state index is 7.00. The van der Waals surface area contributed by atoms with Crippen LogP contribution in [0.15, 0.2) is 54.6 Å². The molecular weight excluding hydrogens is 655 g/mol. The fourth-order valence-corrected chi connectivity index (χ4v) is 8.56. The molecule has 0 aromatic heterocycles. The molecule has 0 saturated carbocycles. The van der Waals surface area contributed by atoms with Crippen LogP contribution in [0.25, 0.3) is 0 Å². The minimum atomic E-state index is -1.77. The second kappa shape index (κ2) is 27.1. The molecule has 0 amide bonds. The second-order valence-electron chi connectivity index (χ2n) is 15.3. The van der Waals surface area contributed by atoms with Gasteiger partial charge < -0.3 is 13.6 Å². The normalized spacial score (nSPS) is 11.4. The second-order valence-corrected chi connectivity index (χ2v) is 16.3. The van der Waals surface area contributed by atoms with Crippen molar-refractivity contribution in [1.82, 2.24) is 0 Å². The summed E-state index contributed by atoms with van der Waals surface area (Å²) in [7, 11) is -1.77. The molecule has 3 rings (SSSR count). The predicted octanol–water partition coefficient (Wildman–Crippen LogP) is 16.3. The van der Waals surface area contributed by atoms with Gasteiger partial charge in [-0.05, 0) is 92.7 Å². The summed E-state index contributed by atoms with van der Waals surface area (Å²) in [5, 5.41) is 0. The van der Waals surface area contributed by atoms with Crippen molar-refractivity contribution >= 4 is 8.60 Å². The van der Waals surface area contributed by atoms with Gasteiger partial charge in [0.2, 0.25) is 0 Å². The number of benzene rings is 3. The summed E-state index contributed by atoms with van der Waals surface area (Å²) in [6.45, 7) is 13.3. The Bertz CT molecular complexity index is 1200. The predicted molar refractivity (Wildman–Crippen MR) is 227 cm³/mol. The van der Waals surface area contributed by atoms with Crippen molar-refractivity contribution < 1.29 is 13.6 Å². The van der Waals surface area contributed by atoms with Crippen molar-refractivity contribution in [1.29, 1.82) is 0 Å². The van der Waals surface area contributed by atoms with E-state index in [-0.39, 0.29) is 0 Å². The molecule has 0 saturated heterocycles. The van der Waals surface area contributed by atoms with E-state index in [2.05, 4.69) is 96.1 Å². The Labute approximate surface area is 322 Å². The van der Waals surface area contributed by atoms with Gasteiger partial charge in [0, 0.05) is 0 Å². The Morgan fingerprint density at radius 3 is 0.865 bits per heavy atom. The molecule has 0 N–H and O–H groups in total. The molecule has 0 aliphatic heterocycles. The lowest BCUT2D eigenvalue weighted by Gasteiger charge is -2.24. The number of hydrogen-bond acceptors (Lipinski definition) is 3. The third-order valence-electron chi connectivity index (χ3n) is 10.5. The van der Waals surface area contributed by atoms with Gasteiger partial charge in [-0.15, -0.1) is 0 Å². The van der Waals surface area contributed by atoms with Gasteiger partial charge in [0.15, 0.2) is 0 Å². The molecule has 3 aromatic rings. The Balaban J connectivity index is 1.83. The van der Waals surface area contributed by atoms with E-state index in [1.165, 1.54) is 152 Å². The zero-order chi connectivity index (χ0) is 37.2. The molecule has 3 nitrogen and oxygen atoms in total. The first kappa shape index (κ1) is 43.9. The lowest BCUT2D eigenvalue weighted by Crippen LogP contribution is -2.09. The SMILES string of the molecule is CCCCCCCCCc1cccc(C)c1OP(Oc1c(C)cccc1CCCCCCCCC)Oc1c(C)cccc1CCCCCCCCC. The van der Waals surface area contributed by atoms with Crippen LogP contribution in [-0.4, -0.2) is 0 Å². The fourth-order valence-electron chi connectivity index (χ4n) is 7.22. The highest BCUT2D eigenvalue weighted by molar-refractivity contribution is 7.43.